The fourth-order valence-electron chi connectivity index (χ4n) is 2.98. The summed E-state index contributed by atoms with van der Waals surface area (Å²) in [4.78, 5) is 24.1. The lowest BCUT2D eigenvalue weighted by atomic mass is 10.2. The zero-order chi connectivity index (χ0) is 21.7. The molecule has 1 aromatic carbocycles. The molecule has 3 rings (SSSR count). The number of rotatable bonds is 8. The molecule has 11 heteroatoms. The smallest absolute Gasteiger partial charge is 0.338 e. The number of benzene rings is 1. The van der Waals surface area contributed by atoms with Gasteiger partial charge >= 0.3 is 5.97 Å². The first-order valence-electron chi connectivity index (χ1n) is 9.43. The number of nitrogens with one attached hydrogen (secondary N) is 2. The summed E-state index contributed by atoms with van der Waals surface area (Å²) in [5, 5.41) is 6.69. The number of hydrogen-bond donors (Lipinski definition) is 2. The number of aromatic nitrogens is 2. The quantitative estimate of drug-likeness (QED) is 0.590. The summed E-state index contributed by atoms with van der Waals surface area (Å²) in [6, 6.07) is 6.99. The predicted molar refractivity (Wildman–Crippen MR) is 107 cm³/mol. The molecule has 2 aromatic rings. The number of ether oxygens (including phenoxy) is 2. The Morgan fingerprint density at radius 1 is 1.30 bits per heavy atom. The van der Waals surface area contributed by atoms with Gasteiger partial charge in [0.1, 0.15) is 5.82 Å². The second-order valence-electron chi connectivity index (χ2n) is 6.93. The van der Waals surface area contributed by atoms with Gasteiger partial charge in [0.25, 0.3) is 5.91 Å². The third-order valence-corrected chi connectivity index (χ3v) is 5.97. The zero-order valence-electron chi connectivity index (χ0n) is 16.8. The molecular weight excluding hydrogens is 412 g/mol. The van der Waals surface area contributed by atoms with E-state index in [0.717, 1.165) is 18.5 Å². The second-order valence-corrected chi connectivity index (χ2v) is 8.70. The van der Waals surface area contributed by atoms with Crippen LogP contribution in [0.2, 0.25) is 0 Å². The van der Waals surface area contributed by atoms with Crippen LogP contribution in [-0.4, -0.2) is 55.9 Å². The summed E-state index contributed by atoms with van der Waals surface area (Å²) in [5.74, 6) is -0.759. The fraction of sp³-hybridized carbons (Fsp3) is 0.421. The van der Waals surface area contributed by atoms with Crippen molar-refractivity contribution < 1.29 is 27.5 Å². The molecule has 162 valence electrons. The summed E-state index contributed by atoms with van der Waals surface area (Å²) in [5.41, 5.74) is 0.877. The molecule has 1 amide bonds. The first kappa shape index (κ1) is 21.9. The van der Waals surface area contributed by atoms with Crippen LogP contribution in [0.3, 0.4) is 0 Å². The summed E-state index contributed by atoms with van der Waals surface area (Å²) in [7, 11) is -2.03. The molecule has 1 aliphatic rings. The summed E-state index contributed by atoms with van der Waals surface area (Å²) in [6.07, 6.45) is 1.62. The lowest BCUT2D eigenvalue weighted by molar-refractivity contribution is -0.119. The third kappa shape index (κ3) is 5.65. The number of amides is 1. The van der Waals surface area contributed by atoms with Crippen molar-refractivity contribution in [1.82, 2.24) is 14.5 Å². The van der Waals surface area contributed by atoms with Gasteiger partial charge in [0, 0.05) is 26.3 Å². The van der Waals surface area contributed by atoms with Crippen LogP contribution in [0.25, 0.3) is 0 Å². The molecular formula is C19H24N4O6S. The number of nitrogens with zero attached hydrogens (tertiary/aromatic N) is 2. The molecule has 30 heavy (non-hydrogen) atoms. The molecule has 0 saturated carbocycles. The highest BCUT2D eigenvalue weighted by Crippen LogP contribution is 2.14. The van der Waals surface area contributed by atoms with E-state index in [4.69, 9.17) is 9.47 Å². The number of anilines is 1. The van der Waals surface area contributed by atoms with Crippen molar-refractivity contribution in [2.75, 3.05) is 25.1 Å². The minimum absolute atomic E-state index is 0.0290. The van der Waals surface area contributed by atoms with Crippen molar-refractivity contribution >= 4 is 27.7 Å². The van der Waals surface area contributed by atoms with Gasteiger partial charge in [-0.3, -0.25) is 9.48 Å². The highest BCUT2D eigenvalue weighted by atomic mass is 32.2. The van der Waals surface area contributed by atoms with Gasteiger partial charge in [-0.2, -0.15) is 5.10 Å². The van der Waals surface area contributed by atoms with Crippen molar-refractivity contribution in [2.45, 2.75) is 30.8 Å². The van der Waals surface area contributed by atoms with Gasteiger partial charge < -0.3 is 14.8 Å². The average Bonchev–Trinajstić information content (AvgIpc) is 3.34. The predicted octanol–water partition coefficient (Wildman–Crippen LogP) is 0.981. The van der Waals surface area contributed by atoms with Crippen molar-refractivity contribution in [1.29, 1.82) is 0 Å². The molecule has 0 aliphatic carbocycles. The average molecular weight is 436 g/mol. The second kappa shape index (κ2) is 9.37. The molecule has 0 radical (unpaired) electrons. The maximum Gasteiger partial charge on any atom is 0.338 e. The molecule has 0 spiro atoms. The molecule has 10 nitrogen and oxygen atoms in total. The highest BCUT2D eigenvalue weighted by Gasteiger charge is 2.21. The summed E-state index contributed by atoms with van der Waals surface area (Å²) in [6.45, 7) is 2.16. The van der Waals surface area contributed by atoms with Crippen LogP contribution in [0.15, 0.2) is 35.2 Å². The van der Waals surface area contributed by atoms with Crippen LogP contribution < -0.4 is 10.0 Å². The van der Waals surface area contributed by atoms with Gasteiger partial charge in [-0.1, -0.05) is 0 Å². The fourth-order valence-corrected chi connectivity index (χ4v) is 4.05. The van der Waals surface area contributed by atoms with Crippen LogP contribution in [-0.2, 0) is 31.3 Å². The molecule has 1 aromatic heterocycles. The Kier molecular flexibility index (Phi) is 6.85. The Balaban J connectivity index is 1.51. The van der Waals surface area contributed by atoms with Gasteiger partial charge in [-0.05, 0) is 44.0 Å². The largest absolute Gasteiger partial charge is 0.452 e. The number of carbonyl (C=O) groups is 2. The Hall–Kier alpha value is -2.76. The molecule has 0 bridgehead atoms. The van der Waals surface area contributed by atoms with E-state index in [9.17, 15) is 18.0 Å². The number of hydrogen-bond acceptors (Lipinski definition) is 7. The number of sulfonamides is 1. The Morgan fingerprint density at radius 3 is 2.63 bits per heavy atom. The van der Waals surface area contributed by atoms with Gasteiger partial charge in [0.05, 0.1) is 22.3 Å². The van der Waals surface area contributed by atoms with Crippen molar-refractivity contribution in [2.24, 2.45) is 7.05 Å². The topological polar surface area (TPSA) is 129 Å². The third-order valence-electron chi connectivity index (χ3n) is 4.53. The van der Waals surface area contributed by atoms with E-state index in [2.05, 4.69) is 15.1 Å². The lowest BCUT2D eigenvalue weighted by Gasteiger charge is -2.11. The first-order valence-corrected chi connectivity index (χ1v) is 10.9. The Labute approximate surface area is 174 Å². The SMILES string of the molecule is Cc1cc(NC(=O)COC(=O)c2ccc(S(=O)(=O)NCC3CCCO3)cc2)n(C)n1. The number of esters is 1. The van der Waals surface area contributed by atoms with Crippen LogP contribution in [0.4, 0.5) is 5.82 Å². The van der Waals surface area contributed by atoms with Gasteiger partial charge in [0.15, 0.2) is 6.61 Å². The number of aryl methyl sites for hydroxylation is 2. The molecule has 2 N–H and O–H groups in total. The lowest BCUT2D eigenvalue weighted by Crippen LogP contribution is -2.31. The maximum absolute atomic E-state index is 12.3. The van der Waals surface area contributed by atoms with Crippen molar-refractivity contribution in [3.8, 4) is 0 Å². The van der Waals surface area contributed by atoms with Gasteiger partial charge in [0.2, 0.25) is 10.0 Å². The molecule has 1 aliphatic heterocycles. The molecule has 1 fully saturated rings. The first-order chi connectivity index (χ1) is 14.2. The van der Waals surface area contributed by atoms with E-state index < -0.39 is 28.5 Å². The normalized spacial score (nSPS) is 16.4. The van der Waals surface area contributed by atoms with Crippen LogP contribution in [0, 0.1) is 6.92 Å². The van der Waals surface area contributed by atoms with E-state index in [1.165, 1.54) is 28.9 Å². The van der Waals surface area contributed by atoms with Crippen LogP contribution >= 0.6 is 0 Å². The van der Waals surface area contributed by atoms with Crippen LogP contribution in [0.1, 0.15) is 28.9 Å². The van der Waals surface area contributed by atoms with Crippen LogP contribution in [0.5, 0.6) is 0 Å². The Morgan fingerprint density at radius 2 is 2.03 bits per heavy atom. The summed E-state index contributed by atoms with van der Waals surface area (Å²) >= 11 is 0. The Bertz CT molecular complexity index is 1010. The molecule has 1 atom stereocenters. The standard InChI is InChI=1S/C19H24N4O6S/c1-13-10-17(23(2)22-13)21-18(24)12-29-19(25)14-5-7-16(8-6-14)30(26,27)20-11-15-4-3-9-28-15/h5-8,10,15,20H,3-4,9,11-12H2,1-2H3,(H,21,24). The van der Waals surface area contributed by atoms with E-state index in [1.54, 1.807) is 20.0 Å². The van der Waals surface area contributed by atoms with E-state index in [0.29, 0.717) is 12.4 Å². The van der Waals surface area contributed by atoms with Crippen molar-refractivity contribution in [3.63, 3.8) is 0 Å². The van der Waals surface area contributed by atoms with Gasteiger partial charge in [-0.25, -0.2) is 17.9 Å². The minimum atomic E-state index is -3.71. The monoisotopic (exact) mass is 436 g/mol. The molecule has 1 saturated heterocycles. The molecule has 1 unspecified atom stereocenters. The van der Waals surface area contributed by atoms with E-state index >= 15 is 0 Å². The summed E-state index contributed by atoms with van der Waals surface area (Å²) < 4.78 is 39.1. The van der Waals surface area contributed by atoms with E-state index in [-0.39, 0.29) is 23.1 Å². The highest BCUT2D eigenvalue weighted by molar-refractivity contribution is 7.89. The minimum Gasteiger partial charge on any atom is -0.452 e. The molecule has 2 heterocycles. The van der Waals surface area contributed by atoms with Gasteiger partial charge in [-0.15, -0.1) is 0 Å². The van der Waals surface area contributed by atoms with Crippen molar-refractivity contribution in [3.05, 3.63) is 41.6 Å². The maximum atomic E-state index is 12.3. The zero-order valence-corrected chi connectivity index (χ0v) is 17.6. The number of carbonyl (C=O) groups excluding carboxylic acids is 2. The van der Waals surface area contributed by atoms with E-state index in [1.807, 2.05) is 0 Å².